The topological polar surface area (TPSA) is 76.2 Å². The van der Waals surface area contributed by atoms with E-state index in [0.29, 0.717) is 0 Å². The zero-order valence-corrected chi connectivity index (χ0v) is 21.5. The molecular formula is C29H34N8. The van der Waals surface area contributed by atoms with Gasteiger partial charge in [-0.2, -0.15) is 5.10 Å². The second-order valence-corrected chi connectivity index (χ2v) is 10.1. The molecule has 4 aromatic rings. The Morgan fingerprint density at radius 3 is 2.57 bits per heavy atom. The molecule has 3 aromatic heterocycles. The normalized spacial score (nSPS) is 16.8. The standard InChI is InChI=1S/C29H34N8/c1-21(32-24-8-9-31-28(18-24)37-14-12-35(2)13-15-37)29-26-17-22(6-7-27(26)33-34-29)23-16-25(20-30-19-23)36-10-4-3-5-11-36/h6-9,16-20H,1,3-5,10-15H2,2H3,(H,31,32)(H,33,34). The molecule has 0 saturated carbocycles. The molecule has 8 heteroatoms. The van der Waals surface area contributed by atoms with Crippen molar-refractivity contribution in [2.45, 2.75) is 19.3 Å². The molecule has 2 aliphatic rings. The van der Waals surface area contributed by atoms with Gasteiger partial charge < -0.3 is 20.0 Å². The Kier molecular flexibility index (Phi) is 6.49. The Morgan fingerprint density at radius 2 is 1.73 bits per heavy atom. The molecule has 8 nitrogen and oxygen atoms in total. The number of aromatic nitrogens is 4. The summed E-state index contributed by atoms with van der Waals surface area (Å²) in [6, 6.07) is 12.7. The van der Waals surface area contributed by atoms with Crippen molar-refractivity contribution in [3.8, 4) is 11.1 Å². The molecule has 37 heavy (non-hydrogen) atoms. The predicted octanol–water partition coefficient (Wildman–Crippen LogP) is 4.84. The highest BCUT2D eigenvalue weighted by atomic mass is 15.3. The second-order valence-electron chi connectivity index (χ2n) is 10.1. The first-order valence-corrected chi connectivity index (χ1v) is 13.2. The van der Waals surface area contributed by atoms with E-state index in [9.17, 15) is 0 Å². The predicted molar refractivity (Wildman–Crippen MR) is 152 cm³/mol. The van der Waals surface area contributed by atoms with Crippen LogP contribution in [0.3, 0.4) is 0 Å². The van der Waals surface area contributed by atoms with Gasteiger partial charge in [0.1, 0.15) is 11.5 Å². The van der Waals surface area contributed by atoms with E-state index in [1.807, 2.05) is 24.7 Å². The zero-order valence-electron chi connectivity index (χ0n) is 21.5. The number of anilines is 3. The van der Waals surface area contributed by atoms with Crippen molar-refractivity contribution in [3.63, 3.8) is 0 Å². The Hall–Kier alpha value is -3.91. The molecule has 0 aliphatic carbocycles. The molecule has 0 spiro atoms. The fourth-order valence-corrected chi connectivity index (χ4v) is 5.27. The van der Waals surface area contributed by atoms with Crippen LogP contribution in [0.15, 0.2) is 61.6 Å². The van der Waals surface area contributed by atoms with Crippen molar-refractivity contribution in [2.24, 2.45) is 0 Å². The van der Waals surface area contributed by atoms with Crippen LogP contribution in [-0.4, -0.2) is 71.4 Å². The second kappa shape index (κ2) is 10.2. The van der Waals surface area contributed by atoms with E-state index in [1.165, 1.54) is 24.9 Å². The van der Waals surface area contributed by atoms with Crippen molar-refractivity contribution < 1.29 is 0 Å². The summed E-state index contributed by atoms with van der Waals surface area (Å²) in [5.41, 5.74) is 6.94. The number of H-pyrrole nitrogens is 1. The Bertz CT molecular complexity index is 1400. The molecule has 2 fully saturated rings. The molecular weight excluding hydrogens is 460 g/mol. The minimum Gasteiger partial charge on any atom is -0.370 e. The van der Waals surface area contributed by atoms with Gasteiger partial charge in [0, 0.05) is 74.4 Å². The van der Waals surface area contributed by atoms with Gasteiger partial charge >= 0.3 is 0 Å². The lowest BCUT2D eigenvalue weighted by atomic mass is 10.0. The largest absolute Gasteiger partial charge is 0.370 e. The third-order valence-corrected chi connectivity index (χ3v) is 7.50. The maximum absolute atomic E-state index is 4.60. The van der Waals surface area contributed by atoms with Crippen LogP contribution < -0.4 is 15.1 Å². The van der Waals surface area contributed by atoms with Gasteiger partial charge in [0.05, 0.1) is 23.1 Å². The lowest BCUT2D eigenvalue weighted by Gasteiger charge is -2.33. The minimum atomic E-state index is 0.749. The fraction of sp³-hybridized carbons (Fsp3) is 0.345. The minimum absolute atomic E-state index is 0.749. The molecule has 6 rings (SSSR count). The van der Waals surface area contributed by atoms with Gasteiger partial charge in [-0.1, -0.05) is 12.6 Å². The number of benzene rings is 1. The third-order valence-electron chi connectivity index (χ3n) is 7.50. The van der Waals surface area contributed by atoms with E-state index >= 15 is 0 Å². The van der Waals surface area contributed by atoms with Gasteiger partial charge in [-0.25, -0.2) is 4.98 Å². The summed E-state index contributed by atoms with van der Waals surface area (Å²) < 4.78 is 0. The van der Waals surface area contributed by atoms with Crippen LogP contribution in [0, 0.1) is 0 Å². The van der Waals surface area contributed by atoms with E-state index in [0.717, 1.165) is 84.2 Å². The molecule has 5 heterocycles. The van der Waals surface area contributed by atoms with Crippen molar-refractivity contribution in [3.05, 3.63) is 67.3 Å². The van der Waals surface area contributed by atoms with E-state index in [1.54, 1.807) is 0 Å². The number of likely N-dealkylation sites (N-methyl/N-ethyl adjacent to an activating group) is 1. The zero-order chi connectivity index (χ0) is 25.2. The van der Waals surface area contributed by atoms with Crippen LogP contribution >= 0.6 is 0 Å². The number of piperidine rings is 1. The lowest BCUT2D eigenvalue weighted by Crippen LogP contribution is -2.44. The number of piperazine rings is 1. The van der Waals surface area contributed by atoms with Crippen LogP contribution in [0.2, 0.25) is 0 Å². The quantitative estimate of drug-likeness (QED) is 0.397. The molecule has 2 aliphatic heterocycles. The summed E-state index contributed by atoms with van der Waals surface area (Å²) in [4.78, 5) is 16.3. The van der Waals surface area contributed by atoms with Crippen molar-refractivity contribution in [2.75, 3.05) is 61.4 Å². The summed E-state index contributed by atoms with van der Waals surface area (Å²) in [6.45, 7) is 10.6. The van der Waals surface area contributed by atoms with Gasteiger partial charge in [-0.05, 0) is 56.1 Å². The Morgan fingerprint density at radius 1 is 0.892 bits per heavy atom. The molecule has 0 unspecified atom stereocenters. The summed E-state index contributed by atoms with van der Waals surface area (Å²) in [5.74, 6) is 0.987. The first-order chi connectivity index (χ1) is 18.1. The summed E-state index contributed by atoms with van der Waals surface area (Å²) in [5, 5.41) is 12.3. The summed E-state index contributed by atoms with van der Waals surface area (Å²) in [6.07, 6.45) is 9.59. The first kappa shape index (κ1) is 23.5. The maximum Gasteiger partial charge on any atom is 0.130 e. The molecule has 0 atom stereocenters. The summed E-state index contributed by atoms with van der Waals surface area (Å²) >= 11 is 0. The number of nitrogens with one attached hydrogen (secondary N) is 2. The molecule has 0 radical (unpaired) electrons. The van der Waals surface area contributed by atoms with Gasteiger partial charge in [-0.15, -0.1) is 0 Å². The van der Waals surface area contributed by atoms with E-state index in [-0.39, 0.29) is 0 Å². The average Bonchev–Trinajstić information content (AvgIpc) is 3.38. The van der Waals surface area contributed by atoms with Gasteiger partial charge in [-0.3, -0.25) is 10.1 Å². The highest BCUT2D eigenvalue weighted by Crippen LogP contribution is 2.31. The summed E-state index contributed by atoms with van der Waals surface area (Å²) in [7, 11) is 2.16. The van der Waals surface area contributed by atoms with E-state index in [4.69, 9.17) is 0 Å². The van der Waals surface area contributed by atoms with Gasteiger partial charge in [0.25, 0.3) is 0 Å². The van der Waals surface area contributed by atoms with Crippen LogP contribution in [0.4, 0.5) is 17.2 Å². The molecule has 190 valence electrons. The number of rotatable bonds is 6. The SMILES string of the molecule is C=C(Nc1ccnc(N2CCN(C)CC2)c1)c1n[nH]c2ccc(-c3cncc(N4CCCCC4)c3)cc12. The van der Waals surface area contributed by atoms with Crippen LogP contribution in [0.5, 0.6) is 0 Å². The van der Waals surface area contributed by atoms with Crippen LogP contribution in [0.25, 0.3) is 27.7 Å². The number of aromatic amines is 1. The third kappa shape index (κ3) is 5.02. The number of pyridine rings is 2. The van der Waals surface area contributed by atoms with E-state index < -0.39 is 0 Å². The van der Waals surface area contributed by atoms with Gasteiger partial charge in [0.15, 0.2) is 0 Å². The monoisotopic (exact) mass is 494 g/mol. The number of nitrogens with zero attached hydrogens (tertiary/aromatic N) is 6. The molecule has 0 bridgehead atoms. The Labute approximate surface area is 218 Å². The van der Waals surface area contributed by atoms with Crippen LogP contribution in [0.1, 0.15) is 25.0 Å². The maximum atomic E-state index is 4.60. The number of hydrogen-bond donors (Lipinski definition) is 2. The van der Waals surface area contributed by atoms with Gasteiger partial charge in [0.2, 0.25) is 0 Å². The number of hydrogen-bond acceptors (Lipinski definition) is 7. The van der Waals surface area contributed by atoms with Crippen LogP contribution in [-0.2, 0) is 0 Å². The van der Waals surface area contributed by atoms with Crippen molar-refractivity contribution in [1.82, 2.24) is 25.1 Å². The molecule has 2 N–H and O–H groups in total. The lowest BCUT2D eigenvalue weighted by molar-refractivity contribution is 0.312. The molecule has 1 aromatic carbocycles. The number of fused-ring (bicyclic) bond motifs is 1. The molecule has 0 amide bonds. The molecule has 2 saturated heterocycles. The average molecular weight is 495 g/mol. The highest BCUT2D eigenvalue weighted by Gasteiger charge is 2.17. The fourth-order valence-electron chi connectivity index (χ4n) is 5.27. The smallest absolute Gasteiger partial charge is 0.130 e. The Balaban J connectivity index is 1.23. The van der Waals surface area contributed by atoms with Crippen molar-refractivity contribution >= 4 is 33.8 Å². The van der Waals surface area contributed by atoms with Crippen molar-refractivity contribution in [1.29, 1.82) is 0 Å². The highest BCUT2D eigenvalue weighted by molar-refractivity contribution is 5.95. The first-order valence-electron chi connectivity index (χ1n) is 13.2. The van der Waals surface area contributed by atoms with E-state index in [2.05, 4.69) is 84.1 Å².